The fraction of sp³-hybridized carbons (Fsp3) is 0.318. The van der Waals surface area contributed by atoms with E-state index in [1.165, 1.54) is 39.3 Å². The molecule has 8 heteroatoms. The minimum atomic E-state index is -1.07. The zero-order valence-electron chi connectivity index (χ0n) is 17.1. The number of hydrogen-bond acceptors (Lipinski definition) is 5. The maximum Gasteiger partial charge on any atom is 0.328 e. The second kappa shape index (κ2) is 10.9. The van der Waals surface area contributed by atoms with Crippen LogP contribution >= 0.6 is 0 Å². The van der Waals surface area contributed by atoms with Gasteiger partial charge in [0.25, 0.3) is 0 Å². The summed E-state index contributed by atoms with van der Waals surface area (Å²) >= 11 is 0. The number of rotatable bonds is 9. The molecule has 0 aliphatic rings. The summed E-state index contributed by atoms with van der Waals surface area (Å²) in [5.74, 6) is -1.66. The second-order valence-electron chi connectivity index (χ2n) is 6.65. The van der Waals surface area contributed by atoms with Crippen LogP contribution in [0.3, 0.4) is 0 Å². The summed E-state index contributed by atoms with van der Waals surface area (Å²) in [6.45, 7) is 1.26. The molecular formula is C22H25FN2O5. The van der Waals surface area contributed by atoms with E-state index in [-0.39, 0.29) is 18.4 Å². The van der Waals surface area contributed by atoms with E-state index in [9.17, 15) is 18.8 Å². The van der Waals surface area contributed by atoms with Crippen molar-refractivity contribution in [3.63, 3.8) is 0 Å². The van der Waals surface area contributed by atoms with E-state index in [0.717, 1.165) is 0 Å². The standard InChI is InChI=1S/C22H25FN2O5/c1-14(26)24-18(12-15-8-4-6-10-17(15)23)21(27)25-19(22(28)30-3)13-16-9-5-7-11-20(16)29-2/h4-11,18-19H,12-13H2,1-3H3,(H,24,26)(H,25,27)/t18-,19-/m1/s1. The molecule has 0 spiro atoms. The number of ether oxygens (including phenoxy) is 2. The van der Waals surface area contributed by atoms with Crippen molar-refractivity contribution in [3.05, 3.63) is 65.5 Å². The molecule has 2 rings (SSSR count). The number of carbonyl (C=O) groups excluding carboxylic acids is 3. The highest BCUT2D eigenvalue weighted by Crippen LogP contribution is 2.19. The van der Waals surface area contributed by atoms with Gasteiger partial charge in [-0.05, 0) is 23.3 Å². The van der Waals surface area contributed by atoms with Crippen molar-refractivity contribution in [2.75, 3.05) is 14.2 Å². The number of amides is 2. The number of nitrogens with one attached hydrogen (secondary N) is 2. The lowest BCUT2D eigenvalue weighted by Gasteiger charge is -2.22. The van der Waals surface area contributed by atoms with Gasteiger partial charge in [0, 0.05) is 19.8 Å². The fourth-order valence-corrected chi connectivity index (χ4v) is 3.04. The Morgan fingerprint density at radius 1 is 0.900 bits per heavy atom. The molecule has 0 heterocycles. The molecule has 160 valence electrons. The van der Waals surface area contributed by atoms with Gasteiger partial charge in [0.15, 0.2) is 0 Å². The summed E-state index contributed by atoms with van der Waals surface area (Å²) in [5.41, 5.74) is 0.964. The molecule has 0 aliphatic carbocycles. The second-order valence-corrected chi connectivity index (χ2v) is 6.65. The van der Waals surface area contributed by atoms with Gasteiger partial charge in [0.2, 0.25) is 11.8 Å². The third-order valence-corrected chi connectivity index (χ3v) is 4.49. The average Bonchev–Trinajstić information content (AvgIpc) is 2.73. The summed E-state index contributed by atoms with van der Waals surface area (Å²) in [7, 11) is 2.72. The quantitative estimate of drug-likeness (QED) is 0.608. The summed E-state index contributed by atoms with van der Waals surface area (Å²) in [6, 6.07) is 11.0. The first-order valence-electron chi connectivity index (χ1n) is 9.36. The van der Waals surface area contributed by atoms with Crippen molar-refractivity contribution >= 4 is 17.8 Å². The van der Waals surface area contributed by atoms with E-state index in [1.807, 2.05) is 0 Å². The number of esters is 1. The Balaban J connectivity index is 2.22. The first-order valence-corrected chi connectivity index (χ1v) is 9.36. The van der Waals surface area contributed by atoms with Gasteiger partial charge in [-0.1, -0.05) is 36.4 Å². The monoisotopic (exact) mass is 416 g/mol. The number of methoxy groups -OCH3 is 2. The molecule has 0 aromatic heterocycles. The van der Waals surface area contributed by atoms with Crippen molar-refractivity contribution in [2.24, 2.45) is 0 Å². The van der Waals surface area contributed by atoms with Crippen LogP contribution in [0.5, 0.6) is 5.75 Å². The molecule has 7 nitrogen and oxygen atoms in total. The molecule has 2 atom stereocenters. The lowest BCUT2D eigenvalue weighted by atomic mass is 10.0. The van der Waals surface area contributed by atoms with Gasteiger partial charge >= 0.3 is 5.97 Å². The zero-order chi connectivity index (χ0) is 22.1. The topological polar surface area (TPSA) is 93.7 Å². The third-order valence-electron chi connectivity index (χ3n) is 4.49. The van der Waals surface area contributed by atoms with Crippen molar-refractivity contribution in [2.45, 2.75) is 31.8 Å². The normalized spacial score (nSPS) is 12.4. The van der Waals surface area contributed by atoms with E-state index in [2.05, 4.69) is 10.6 Å². The minimum Gasteiger partial charge on any atom is -0.496 e. The summed E-state index contributed by atoms with van der Waals surface area (Å²) in [6.07, 6.45) is 0.0511. The first kappa shape index (κ1) is 22.9. The Morgan fingerprint density at radius 3 is 2.10 bits per heavy atom. The predicted octanol–water partition coefficient (Wildman–Crippen LogP) is 1.78. The van der Waals surface area contributed by atoms with Crippen molar-refractivity contribution in [1.82, 2.24) is 10.6 Å². The van der Waals surface area contributed by atoms with Crippen LogP contribution in [-0.4, -0.2) is 44.1 Å². The van der Waals surface area contributed by atoms with Gasteiger partial charge in [-0.2, -0.15) is 0 Å². The predicted molar refractivity (Wildman–Crippen MR) is 108 cm³/mol. The molecule has 2 amide bonds. The number of halogens is 1. The van der Waals surface area contributed by atoms with Crippen LogP contribution in [0.25, 0.3) is 0 Å². The Labute approximate surface area is 174 Å². The van der Waals surface area contributed by atoms with Crippen molar-refractivity contribution in [1.29, 1.82) is 0 Å². The average molecular weight is 416 g/mol. The zero-order valence-corrected chi connectivity index (χ0v) is 17.1. The van der Waals surface area contributed by atoms with E-state index in [0.29, 0.717) is 11.3 Å². The lowest BCUT2D eigenvalue weighted by molar-refractivity contribution is -0.145. The number of benzene rings is 2. The highest BCUT2D eigenvalue weighted by atomic mass is 19.1. The van der Waals surface area contributed by atoms with Gasteiger partial charge in [0.05, 0.1) is 14.2 Å². The Hall–Kier alpha value is -3.42. The summed E-state index contributed by atoms with van der Waals surface area (Å²) < 4.78 is 24.1. The Bertz CT molecular complexity index is 903. The summed E-state index contributed by atoms with van der Waals surface area (Å²) in [5, 5.41) is 5.12. The van der Waals surface area contributed by atoms with Gasteiger partial charge in [-0.25, -0.2) is 9.18 Å². The minimum absolute atomic E-state index is 0.0688. The van der Waals surface area contributed by atoms with Gasteiger partial charge in [-0.3, -0.25) is 9.59 Å². The molecule has 2 aromatic rings. The van der Waals surface area contributed by atoms with E-state index >= 15 is 0 Å². The van der Waals surface area contributed by atoms with Crippen LogP contribution < -0.4 is 15.4 Å². The third kappa shape index (κ3) is 6.30. The highest BCUT2D eigenvalue weighted by Gasteiger charge is 2.28. The molecule has 0 aliphatic heterocycles. The van der Waals surface area contributed by atoms with Crippen LogP contribution in [-0.2, 0) is 32.0 Å². The van der Waals surface area contributed by atoms with Crippen LogP contribution in [0.2, 0.25) is 0 Å². The molecular weight excluding hydrogens is 391 g/mol. The summed E-state index contributed by atoms with van der Waals surface area (Å²) in [4.78, 5) is 36.8. The van der Waals surface area contributed by atoms with Crippen LogP contribution in [0.1, 0.15) is 18.1 Å². The molecule has 2 aromatic carbocycles. The maximum absolute atomic E-state index is 14.0. The van der Waals surface area contributed by atoms with Gasteiger partial charge in [0.1, 0.15) is 23.7 Å². The first-order chi connectivity index (χ1) is 14.3. The molecule has 2 N–H and O–H groups in total. The lowest BCUT2D eigenvalue weighted by Crippen LogP contribution is -2.53. The molecule has 0 saturated carbocycles. The van der Waals surface area contributed by atoms with Crippen molar-refractivity contribution in [3.8, 4) is 5.75 Å². The number of hydrogen-bond donors (Lipinski definition) is 2. The molecule has 0 radical (unpaired) electrons. The van der Waals surface area contributed by atoms with Crippen LogP contribution in [0, 0.1) is 5.82 Å². The van der Waals surface area contributed by atoms with Crippen LogP contribution in [0.15, 0.2) is 48.5 Å². The largest absolute Gasteiger partial charge is 0.496 e. The van der Waals surface area contributed by atoms with E-state index in [1.54, 1.807) is 30.3 Å². The number of para-hydroxylation sites is 1. The highest BCUT2D eigenvalue weighted by molar-refractivity contribution is 5.90. The van der Waals surface area contributed by atoms with Crippen molar-refractivity contribution < 1.29 is 28.2 Å². The smallest absolute Gasteiger partial charge is 0.328 e. The van der Waals surface area contributed by atoms with Gasteiger partial charge < -0.3 is 20.1 Å². The van der Waals surface area contributed by atoms with E-state index < -0.39 is 35.7 Å². The molecule has 0 saturated heterocycles. The maximum atomic E-state index is 14.0. The molecule has 0 fully saturated rings. The molecule has 30 heavy (non-hydrogen) atoms. The molecule has 0 bridgehead atoms. The molecule has 0 unspecified atom stereocenters. The van der Waals surface area contributed by atoms with E-state index in [4.69, 9.17) is 9.47 Å². The number of carbonyl (C=O) groups is 3. The van der Waals surface area contributed by atoms with Crippen LogP contribution in [0.4, 0.5) is 4.39 Å². The van der Waals surface area contributed by atoms with Gasteiger partial charge in [-0.15, -0.1) is 0 Å². The Kier molecular flexibility index (Phi) is 8.34. The SMILES string of the molecule is COC(=O)[C@@H](Cc1ccccc1OC)NC(=O)[C@@H](Cc1ccccc1F)NC(C)=O. The Morgan fingerprint density at radius 2 is 1.50 bits per heavy atom. The fourth-order valence-electron chi connectivity index (χ4n) is 3.04.